The van der Waals surface area contributed by atoms with Gasteiger partial charge in [0.1, 0.15) is 11.9 Å². The van der Waals surface area contributed by atoms with Crippen LogP contribution in [0.2, 0.25) is 0 Å². The van der Waals surface area contributed by atoms with Crippen LogP contribution in [0.4, 0.5) is 5.69 Å². The van der Waals surface area contributed by atoms with Crippen LogP contribution in [-0.4, -0.2) is 26.8 Å². The summed E-state index contributed by atoms with van der Waals surface area (Å²) in [7, 11) is -3.18. The third-order valence-corrected chi connectivity index (χ3v) is 5.51. The maximum Gasteiger partial charge on any atom is 0.175 e. The van der Waals surface area contributed by atoms with Gasteiger partial charge in [-0.15, -0.1) is 0 Å². The van der Waals surface area contributed by atoms with Crippen molar-refractivity contribution in [2.24, 2.45) is 11.8 Å². The molecule has 0 saturated heterocycles. The highest BCUT2D eigenvalue weighted by atomic mass is 32.2. The molecular weight excluding hydrogens is 274 g/mol. The van der Waals surface area contributed by atoms with Gasteiger partial charge in [-0.2, -0.15) is 0 Å². The minimum atomic E-state index is -3.18. The minimum Gasteiger partial charge on any atom is -0.486 e. The number of hydrogen-bond acceptors (Lipinski definition) is 4. The van der Waals surface area contributed by atoms with Gasteiger partial charge in [-0.3, -0.25) is 0 Å². The predicted octanol–water partition coefficient (Wildman–Crippen LogP) is 2.70. The average Bonchev–Trinajstić information content (AvgIpc) is 2.35. The monoisotopic (exact) mass is 295 g/mol. The molecule has 1 heterocycles. The average molecular weight is 295 g/mol. The van der Waals surface area contributed by atoms with Crippen LogP contribution in [0, 0.1) is 11.8 Å². The van der Waals surface area contributed by atoms with Crippen molar-refractivity contribution < 1.29 is 13.2 Å². The lowest BCUT2D eigenvalue weighted by Crippen LogP contribution is -2.49. The zero-order valence-corrected chi connectivity index (χ0v) is 12.9. The summed E-state index contributed by atoms with van der Waals surface area (Å²) in [5.41, 5.74) is 0.801. The quantitative estimate of drug-likeness (QED) is 0.865. The molecule has 0 amide bonds. The maximum absolute atomic E-state index is 11.6. The maximum atomic E-state index is 11.6. The van der Waals surface area contributed by atoms with E-state index < -0.39 is 9.84 Å². The molecule has 4 atom stereocenters. The zero-order chi connectivity index (χ0) is 14.5. The molecule has 1 N–H and O–H groups in total. The van der Waals surface area contributed by atoms with E-state index in [1.807, 2.05) is 0 Å². The number of rotatable bonds is 1. The number of anilines is 1. The topological polar surface area (TPSA) is 55.4 Å². The van der Waals surface area contributed by atoms with Crippen LogP contribution < -0.4 is 10.1 Å². The Hall–Kier alpha value is -1.23. The van der Waals surface area contributed by atoms with Gasteiger partial charge in [-0.25, -0.2) is 8.42 Å². The molecule has 1 aliphatic heterocycles. The Morgan fingerprint density at radius 2 is 2.00 bits per heavy atom. The van der Waals surface area contributed by atoms with Gasteiger partial charge >= 0.3 is 0 Å². The molecule has 3 rings (SSSR count). The van der Waals surface area contributed by atoms with Gasteiger partial charge in [-0.05, 0) is 42.9 Å². The fourth-order valence-electron chi connectivity index (χ4n) is 3.44. The van der Waals surface area contributed by atoms with Crippen LogP contribution in [0.3, 0.4) is 0 Å². The molecule has 1 saturated carbocycles. The van der Waals surface area contributed by atoms with Crippen LogP contribution >= 0.6 is 0 Å². The highest BCUT2D eigenvalue weighted by Gasteiger charge is 2.38. The summed E-state index contributed by atoms with van der Waals surface area (Å²) >= 11 is 0. The predicted molar refractivity (Wildman–Crippen MR) is 78.9 cm³/mol. The van der Waals surface area contributed by atoms with E-state index >= 15 is 0 Å². The van der Waals surface area contributed by atoms with Crippen molar-refractivity contribution in [3.05, 3.63) is 18.2 Å². The second-order valence-corrected chi connectivity index (χ2v) is 8.33. The van der Waals surface area contributed by atoms with Crippen LogP contribution in [-0.2, 0) is 9.84 Å². The van der Waals surface area contributed by atoms with E-state index in [9.17, 15) is 8.42 Å². The minimum absolute atomic E-state index is 0.185. The number of hydrogen-bond donors (Lipinski definition) is 1. The lowest BCUT2D eigenvalue weighted by atomic mass is 9.77. The van der Waals surface area contributed by atoms with Crippen molar-refractivity contribution in [1.82, 2.24) is 0 Å². The molecule has 1 aliphatic carbocycles. The summed E-state index contributed by atoms with van der Waals surface area (Å²) in [4.78, 5) is 0.336. The van der Waals surface area contributed by atoms with E-state index in [0.29, 0.717) is 16.7 Å². The van der Waals surface area contributed by atoms with Crippen molar-refractivity contribution in [1.29, 1.82) is 0 Å². The molecule has 4 unspecified atom stereocenters. The molecule has 0 aromatic heterocycles. The van der Waals surface area contributed by atoms with Crippen molar-refractivity contribution >= 4 is 15.5 Å². The molecule has 0 radical (unpaired) electrons. The first-order valence-corrected chi connectivity index (χ1v) is 9.01. The molecule has 0 bridgehead atoms. The molecule has 20 heavy (non-hydrogen) atoms. The first-order chi connectivity index (χ1) is 9.34. The summed E-state index contributed by atoms with van der Waals surface area (Å²) in [6, 6.07) is 5.34. The molecule has 110 valence electrons. The highest BCUT2D eigenvalue weighted by molar-refractivity contribution is 7.90. The van der Waals surface area contributed by atoms with Crippen molar-refractivity contribution in [2.45, 2.75) is 43.7 Å². The number of ether oxygens (including phenoxy) is 1. The summed E-state index contributed by atoms with van der Waals surface area (Å²) in [6.07, 6.45) is 3.64. The van der Waals surface area contributed by atoms with E-state index in [1.165, 1.54) is 12.7 Å². The van der Waals surface area contributed by atoms with Gasteiger partial charge in [0.25, 0.3) is 0 Å². The van der Waals surface area contributed by atoms with Crippen LogP contribution in [0.5, 0.6) is 5.75 Å². The summed E-state index contributed by atoms with van der Waals surface area (Å²) in [6.45, 7) is 4.49. The van der Waals surface area contributed by atoms with Gasteiger partial charge < -0.3 is 10.1 Å². The molecule has 4 nitrogen and oxygen atoms in total. The van der Waals surface area contributed by atoms with Crippen molar-refractivity contribution in [3.8, 4) is 5.75 Å². The van der Waals surface area contributed by atoms with Crippen LogP contribution in [0.1, 0.15) is 26.7 Å². The first kappa shape index (κ1) is 13.7. The van der Waals surface area contributed by atoms with E-state index in [1.54, 1.807) is 18.2 Å². The lowest BCUT2D eigenvalue weighted by molar-refractivity contribution is 0.0775. The third-order valence-electron chi connectivity index (χ3n) is 4.40. The van der Waals surface area contributed by atoms with E-state index in [2.05, 4.69) is 19.2 Å². The van der Waals surface area contributed by atoms with Gasteiger partial charge in [0, 0.05) is 6.26 Å². The van der Waals surface area contributed by atoms with Gasteiger partial charge in [0.15, 0.2) is 9.84 Å². The number of benzene rings is 1. The van der Waals surface area contributed by atoms with Gasteiger partial charge in [0.05, 0.1) is 16.6 Å². The summed E-state index contributed by atoms with van der Waals surface area (Å²) < 4.78 is 29.4. The van der Waals surface area contributed by atoms with Crippen molar-refractivity contribution in [3.63, 3.8) is 0 Å². The Morgan fingerprint density at radius 1 is 1.25 bits per heavy atom. The number of sulfone groups is 1. The van der Waals surface area contributed by atoms with Crippen molar-refractivity contribution in [2.75, 3.05) is 11.6 Å². The van der Waals surface area contributed by atoms with E-state index in [-0.39, 0.29) is 12.1 Å². The second-order valence-electron chi connectivity index (χ2n) is 6.31. The standard InChI is InChI=1S/C15H21NO3S/c1-9-6-10(2)15-14(7-9)19-13-5-4-11(20(3,17)18)8-12(13)16-15/h4-5,8-10,14-16H,6-7H2,1-3H3. The zero-order valence-electron chi connectivity index (χ0n) is 12.1. The van der Waals surface area contributed by atoms with E-state index in [4.69, 9.17) is 4.74 Å². The fraction of sp³-hybridized carbons (Fsp3) is 0.600. The molecule has 5 heteroatoms. The molecule has 1 aromatic rings. The van der Waals surface area contributed by atoms with Crippen LogP contribution in [0.25, 0.3) is 0 Å². The molecule has 1 aromatic carbocycles. The van der Waals surface area contributed by atoms with Gasteiger partial charge in [-0.1, -0.05) is 13.8 Å². The Balaban J connectivity index is 1.95. The molecule has 2 aliphatic rings. The largest absolute Gasteiger partial charge is 0.486 e. The number of nitrogens with one attached hydrogen (secondary N) is 1. The van der Waals surface area contributed by atoms with Gasteiger partial charge in [0.2, 0.25) is 0 Å². The Bertz CT molecular complexity index is 626. The summed E-state index contributed by atoms with van der Waals surface area (Å²) in [5, 5.41) is 3.49. The summed E-state index contributed by atoms with van der Waals surface area (Å²) in [5.74, 6) is 1.96. The normalized spacial score (nSPS) is 32.5. The first-order valence-electron chi connectivity index (χ1n) is 7.12. The van der Waals surface area contributed by atoms with Crippen LogP contribution in [0.15, 0.2) is 23.1 Å². The molecule has 1 fully saturated rings. The second kappa shape index (κ2) is 4.65. The third kappa shape index (κ3) is 2.39. The Morgan fingerprint density at radius 3 is 2.70 bits per heavy atom. The Labute approximate surface area is 120 Å². The highest BCUT2D eigenvalue weighted by Crippen LogP contribution is 2.41. The number of fused-ring (bicyclic) bond motifs is 2. The molecular formula is C15H21NO3S. The fourth-order valence-corrected chi connectivity index (χ4v) is 4.09. The smallest absolute Gasteiger partial charge is 0.175 e. The van der Waals surface area contributed by atoms with E-state index in [0.717, 1.165) is 17.9 Å². The Kier molecular flexibility index (Phi) is 3.20. The SMILES string of the molecule is CC1CC(C)C2Nc3cc(S(C)(=O)=O)ccc3OC2C1. The lowest BCUT2D eigenvalue weighted by Gasteiger charge is -2.43. The molecule has 0 spiro atoms.